The second-order valence-electron chi connectivity index (χ2n) is 7.51. The fourth-order valence-electron chi connectivity index (χ4n) is 3.88. The molecule has 0 bridgehead atoms. The van der Waals surface area contributed by atoms with E-state index in [0.29, 0.717) is 23.8 Å². The van der Waals surface area contributed by atoms with Crippen LogP contribution in [0.3, 0.4) is 0 Å². The first kappa shape index (κ1) is 21.1. The summed E-state index contributed by atoms with van der Waals surface area (Å²) >= 11 is 14.0. The molecule has 4 aromatic rings. The lowest BCUT2D eigenvalue weighted by molar-refractivity contribution is 0.0737. The topological polar surface area (TPSA) is 41.4 Å². The Morgan fingerprint density at radius 1 is 0.906 bits per heavy atom. The Bertz CT molecular complexity index is 1230. The van der Waals surface area contributed by atoms with Crippen LogP contribution >= 0.6 is 34.5 Å². The van der Waals surface area contributed by atoms with Gasteiger partial charge in [-0.2, -0.15) is 5.10 Å². The van der Waals surface area contributed by atoms with Crippen molar-refractivity contribution in [2.45, 2.75) is 0 Å². The zero-order valence-corrected chi connectivity index (χ0v) is 19.4. The molecule has 0 N–H and O–H groups in total. The molecule has 1 aliphatic heterocycles. The molecule has 3 heterocycles. The first-order valence-electron chi connectivity index (χ1n) is 10.3. The number of thiophene rings is 1. The normalized spacial score (nSPS) is 14.1. The van der Waals surface area contributed by atoms with Crippen LogP contribution in [-0.2, 0) is 0 Å². The van der Waals surface area contributed by atoms with Gasteiger partial charge >= 0.3 is 0 Å². The van der Waals surface area contributed by atoms with Gasteiger partial charge in [-0.3, -0.25) is 4.79 Å². The van der Waals surface area contributed by atoms with Crippen molar-refractivity contribution in [3.8, 4) is 16.3 Å². The standard InChI is InChI=1S/C24H20Cl2N4OS/c25-17-7-9-18(10-8-17)30-22(16-20(27-30)23-6-3-15-32-23)24(31)29-13-11-28(12-14-29)21-5-2-1-4-19(21)26/h1-10,15-16H,11-14H2. The third-order valence-corrected chi connectivity index (χ3v) is 7.00. The Morgan fingerprint density at radius 2 is 1.66 bits per heavy atom. The molecule has 0 spiro atoms. The van der Waals surface area contributed by atoms with Crippen LogP contribution in [0.5, 0.6) is 0 Å². The molecule has 0 atom stereocenters. The van der Waals surface area contributed by atoms with E-state index in [1.165, 1.54) is 0 Å². The number of carbonyl (C=O) groups is 1. The maximum Gasteiger partial charge on any atom is 0.272 e. The highest BCUT2D eigenvalue weighted by atomic mass is 35.5. The summed E-state index contributed by atoms with van der Waals surface area (Å²) < 4.78 is 1.72. The zero-order valence-electron chi connectivity index (χ0n) is 17.1. The van der Waals surface area contributed by atoms with Crippen LogP contribution in [-0.4, -0.2) is 46.8 Å². The molecule has 1 amide bonds. The number of piperazine rings is 1. The van der Waals surface area contributed by atoms with Crippen molar-refractivity contribution in [1.82, 2.24) is 14.7 Å². The molecule has 0 radical (unpaired) electrons. The Morgan fingerprint density at radius 3 is 2.34 bits per heavy atom. The Balaban J connectivity index is 1.42. The van der Waals surface area contributed by atoms with Crippen LogP contribution in [0, 0.1) is 0 Å². The largest absolute Gasteiger partial charge is 0.367 e. The van der Waals surface area contributed by atoms with Gasteiger partial charge in [-0.05, 0) is 53.9 Å². The SMILES string of the molecule is O=C(c1cc(-c2cccs2)nn1-c1ccc(Cl)cc1)N1CCN(c2ccccc2Cl)CC1. The third-order valence-electron chi connectivity index (χ3n) is 5.53. The molecule has 5 nitrogen and oxygen atoms in total. The van der Waals surface area contributed by atoms with Crippen LogP contribution in [0.15, 0.2) is 72.1 Å². The second kappa shape index (κ2) is 8.98. The molecule has 1 aliphatic rings. The zero-order chi connectivity index (χ0) is 22.1. The van der Waals surface area contributed by atoms with Crippen LogP contribution in [0.4, 0.5) is 5.69 Å². The predicted molar refractivity (Wildman–Crippen MR) is 131 cm³/mol. The van der Waals surface area contributed by atoms with E-state index in [4.69, 9.17) is 28.3 Å². The number of carbonyl (C=O) groups excluding carboxylic acids is 1. The molecule has 2 aromatic carbocycles. The molecule has 32 heavy (non-hydrogen) atoms. The van der Waals surface area contributed by atoms with Crippen molar-refractivity contribution in [1.29, 1.82) is 0 Å². The van der Waals surface area contributed by atoms with Crippen LogP contribution < -0.4 is 4.90 Å². The molecular formula is C24H20Cl2N4OS. The molecule has 0 saturated carbocycles. The molecule has 1 saturated heterocycles. The number of anilines is 1. The fourth-order valence-corrected chi connectivity index (χ4v) is 4.94. The van der Waals surface area contributed by atoms with E-state index in [1.54, 1.807) is 28.2 Å². The summed E-state index contributed by atoms with van der Waals surface area (Å²) in [6.45, 7) is 2.68. The van der Waals surface area contributed by atoms with Gasteiger partial charge in [0.1, 0.15) is 11.4 Å². The summed E-state index contributed by atoms with van der Waals surface area (Å²) in [6.07, 6.45) is 0. The molecule has 8 heteroatoms. The molecule has 162 valence electrons. The molecule has 0 unspecified atom stereocenters. The maximum absolute atomic E-state index is 13.6. The van der Waals surface area contributed by atoms with Crippen molar-refractivity contribution < 1.29 is 4.79 Å². The summed E-state index contributed by atoms with van der Waals surface area (Å²) in [6, 6.07) is 21.0. The Labute approximate surface area is 200 Å². The molecule has 2 aromatic heterocycles. The van der Waals surface area contributed by atoms with Gasteiger partial charge in [-0.1, -0.05) is 41.4 Å². The minimum atomic E-state index is -0.0333. The molecular weight excluding hydrogens is 463 g/mol. The first-order valence-corrected chi connectivity index (χ1v) is 11.9. The minimum Gasteiger partial charge on any atom is -0.367 e. The van der Waals surface area contributed by atoms with Gasteiger partial charge in [0.15, 0.2) is 0 Å². The lowest BCUT2D eigenvalue weighted by Crippen LogP contribution is -2.49. The number of benzene rings is 2. The summed E-state index contributed by atoms with van der Waals surface area (Å²) in [5.74, 6) is -0.0333. The Hall–Kier alpha value is -2.80. The lowest BCUT2D eigenvalue weighted by Gasteiger charge is -2.36. The highest BCUT2D eigenvalue weighted by molar-refractivity contribution is 7.13. The number of para-hydroxylation sites is 1. The number of hydrogen-bond donors (Lipinski definition) is 0. The third kappa shape index (κ3) is 4.13. The monoisotopic (exact) mass is 482 g/mol. The van der Waals surface area contributed by atoms with Crippen molar-refractivity contribution in [3.05, 3.63) is 87.8 Å². The maximum atomic E-state index is 13.6. The van der Waals surface area contributed by atoms with Crippen LogP contribution in [0.1, 0.15) is 10.5 Å². The average molecular weight is 483 g/mol. The van der Waals surface area contributed by atoms with Gasteiger partial charge in [0, 0.05) is 31.2 Å². The van der Waals surface area contributed by atoms with Gasteiger partial charge in [-0.25, -0.2) is 4.68 Å². The van der Waals surface area contributed by atoms with Gasteiger partial charge in [0.2, 0.25) is 0 Å². The average Bonchev–Trinajstić information content (AvgIpc) is 3.50. The van der Waals surface area contributed by atoms with E-state index >= 15 is 0 Å². The molecule has 5 rings (SSSR count). The van der Waals surface area contributed by atoms with Crippen molar-refractivity contribution in [3.63, 3.8) is 0 Å². The molecule has 1 fully saturated rings. The van der Waals surface area contributed by atoms with Gasteiger partial charge in [0.05, 0.1) is 21.3 Å². The van der Waals surface area contributed by atoms with Gasteiger partial charge in [-0.15, -0.1) is 11.3 Å². The number of aromatic nitrogens is 2. The quantitative estimate of drug-likeness (QED) is 0.365. The lowest BCUT2D eigenvalue weighted by atomic mass is 10.2. The van der Waals surface area contributed by atoms with E-state index in [1.807, 2.05) is 64.9 Å². The van der Waals surface area contributed by atoms with Crippen molar-refractivity contribution in [2.24, 2.45) is 0 Å². The van der Waals surface area contributed by atoms with Crippen molar-refractivity contribution in [2.75, 3.05) is 31.1 Å². The minimum absolute atomic E-state index is 0.0333. The Kier molecular flexibility index (Phi) is 5.91. The highest BCUT2D eigenvalue weighted by Crippen LogP contribution is 2.29. The van der Waals surface area contributed by atoms with Crippen LogP contribution in [0.25, 0.3) is 16.3 Å². The predicted octanol–water partition coefficient (Wildman–Crippen LogP) is 5.87. The van der Waals surface area contributed by atoms with Crippen molar-refractivity contribution >= 4 is 46.1 Å². The number of hydrogen-bond acceptors (Lipinski definition) is 4. The molecule has 0 aliphatic carbocycles. The van der Waals surface area contributed by atoms with E-state index < -0.39 is 0 Å². The van der Waals surface area contributed by atoms with Crippen LogP contribution in [0.2, 0.25) is 10.0 Å². The van der Waals surface area contributed by atoms with Gasteiger partial charge < -0.3 is 9.80 Å². The first-order chi connectivity index (χ1) is 15.6. The summed E-state index contributed by atoms with van der Waals surface area (Å²) in [7, 11) is 0. The smallest absolute Gasteiger partial charge is 0.272 e. The number of halogens is 2. The summed E-state index contributed by atoms with van der Waals surface area (Å²) in [5, 5.41) is 8.13. The summed E-state index contributed by atoms with van der Waals surface area (Å²) in [5.41, 5.74) is 3.14. The summed E-state index contributed by atoms with van der Waals surface area (Å²) in [4.78, 5) is 18.7. The number of amides is 1. The van der Waals surface area contributed by atoms with Gasteiger partial charge in [0.25, 0.3) is 5.91 Å². The van der Waals surface area contributed by atoms with E-state index in [9.17, 15) is 4.79 Å². The number of rotatable bonds is 4. The van der Waals surface area contributed by atoms with E-state index in [2.05, 4.69) is 4.90 Å². The second-order valence-corrected chi connectivity index (χ2v) is 9.30. The fraction of sp³-hybridized carbons (Fsp3) is 0.167. The number of nitrogens with zero attached hydrogens (tertiary/aromatic N) is 4. The van der Waals surface area contributed by atoms with E-state index in [-0.39, 0.29) is 5.91 Å². The highest BCUT2D eigenvalue weighted by Gasteiger charge is 2.27. The van der Waals surface area contributed by atoms with E-state index in [0.717, 1.165) is 40.1 Å².